The van der Waals surface area contributed by atoms with Gasteiger partial charge in [-0.25, -0.2) is 0 Å². The van der Waals surface area contributed by atoms with E-state index in [-0.39, 0.29) is 17.2 Å². The molecular weight excluding hydrogens is 226 g/mol. The molecule has 0 atom stereocenters. The zero-order valence-electron chi connectivity index (χ0n) is 8.79. The summed E-state index contributed by atoms with van der Waals surface area (Å²) in [7, 11) is 0. The summed E-state index contributed by atoms with van der Waals surface area (Å²) in [4.78, 5) is 21.8. The van der Waals surface area contributed by atoms with Gasteiger partial charge in [-0.1, -0.05) is 0 Å². The molecule has 0 amide bonds. The smallest absolute Gasteiger partial charge is 0.269 e. The number of benzene rings is 1. The minimum Gasteiger partial charge on any atom is -0.494 e. The predicted molar refractivity (Wildman–Crippen MR) is 57.4 cm³/mol. The molecule has 1 aromatic rings. The molecule has 0 unspecified atom stereocenters. The van der Waals surface area contributed by atoms with Crippen LogP contribution in [0.4, 0.5) is 5.69 Å². The molecule has 1 heterocycles. The molecule has 2 rings (SSSR count). The molecule has 0 saturated carbocycles. The van der Waals surface area contributed by atoms with Crippen LogP contribution in [0.2, 0.25) is 0 Å². The van der Waals surface area contributed by atoms with Gasteiger partial charge in [0.15, 0.2) is 0 Å². The number of carbonyl (C=O) groups is 1. The molecule has 0 aliphatic carbocycles. The molecule has 0 saturated heterocycles. The van der Waals surface area contributed by atoms with E-state index in [0.29, 0.717) is 18.8 Å². The summed E-state index contributed by atoms with van der Waals surface area (Å²) < 4.78 is 10.1. The molecule has 1 aliphatic rings. The van der Waals surface area contributed by atoms with Gasteiger partial charge < -0.3 is 9.47 Å². The Morgan fingerprint density at radius 2 is 1.94 bits per heavy atom. The van der Waals surface area contributed by atoms with Gasteiger partial charge in [-0.3, -0.25) is 14.9 Å². The maximum absolute atomic E-state index is 11.8. The Labute approximate surface area is 96.6 Å². The third kappa shape index (κ3) is 2.41. The second-order valence-electron chi connectivity index (χ2n) is 3.33. The van der Waals surface area contributed by atoms with Crippen molar-refractivity contribution in [1.82, 2.24) is 0 Å². The summed E-state index contributed by atoms with van der Waals surface area (Å²) in [5.74, 6) is -0.232. The van der Waals surface area contributed by atoms with Crippen molar-refractivity contribution in [2.24, 2.45) is 0 Å². The zero-order chi connectivity index (χ0) is 12.3. The SMILES string of the molecule is O=C(C1=COCCO1)c1ccc([N+](=O)[O-])cc1. The van der Waals surface area contributed by atoms with E-state index >= 15 is 0 Å². The van der Waals surface area contributed by atoms with Crippen molar-refractivity contribution in [3.8, 4) is 0 Å². The van der Waals surface area contributed by atoms with Crippen LogP contribution < -0.4 is 0 Å². The van der Waals surface area contributed by atoms with E-state index in [0.717, 1.165) is 0 Å². The van der Waals surface area contributed by atoms with E-state index in [1.807, 2.05) is 0 Å². The van der Waals surface area contributed by atoms with Crippen molar-refractivity contribution in [3.05, 3.63) is 52.0 Å². The van der Waals surface area contributed by atoms with Crippen molar-refractivity contribution in [2.45, 2.75) is 0 Å². The first-order chi connectivity index (χ1) is 8.18. The lowest BCUT2D eigenvalue weighted by Gasteiger charge is -2.14. The fraction of sp³-hybridized carbons (Fsp3) is 0.182. The zero-order valence-corrected chi connectivity index (χ0v) is 8.79. The quantitative estimate of drug-likeness (QED) is 0.452. The van der Waals surface area contributed by atoms with E-state index < -0.39 is 4.92 Å². The van der Waals surface area contributed by atoms with E-state index in [1.165, 1.54) is 30.5 Å². The van der Waals surface area contributed by atoms with Crippen LogP contribution in [0.15, 0.2) is 36.3 Å². The number of nitrogens with zero attached hydrogens (tertiary/aromatic N) is 1. The van der Waals surface area contributed by atoms with Crippen LogP contribution in [0.5, 0.6) is 0 Å². The second kappa shape index (κ2) is 4.65. The summed E-state index contributed by atoms with van der Waals surface area (Å²) in [6, 6.07) is 5.33. The molecular formula is C11H9NO5. The number of Topliss-reactive ketones (excluding diaryl/α,β-unsaturated/α-hetero) is 1. The summed E-state index contributed by atoms with van der Waals surface area (Å²) in [5, 5.41) is 10.4. The largest absolute Gasteiger partial charge is 0.494 e. The number of ether oxygens (including phenoxy) is 2. The van der Waals surface area contributed by atoms with Gasteiger partial charge in [-0.2, -0.15) is 0 Å². The molecule has 0 spiro atoms. The number of hydrogen-bond donors (Lipinski definition) is 0. The van der Waals surface area contributed by atoms with E-state index in [2.05, 4.69) is 0 Å². The Balaban J connectivity index is 2.19. The van der Waals surface area contributed by atoms with Crippen molar-refractivity contribution in [3.63, 3.8) is 0 Å². The number of rotatable bonds is 3. The first-order valence-corrected chi connectivity index (χ1v) is 4.92. The van der Waals surface area contributed by atoms with Gasteiger partial charge in [0.1, 0.15) is 19.5 Å². The highest BCUT2D eigenvalue weighted by molar-refractivity contribution is 6.07. The van der Waals surface area contributed by atoms with Gasteiger partial charge in [0.05, 0.1) is 4.92 Å². The standard InChI is InChI=1S/C11H9NO5/c13-11(10-7-16-5-6-17-10)8-1-3-9(4-2-8)12(14)15/h1-4,7H,5-6H2. The van der Waals surface area contributed by atoms with E-state index in [9.17, 15) is 14.9 Å². The molecule has 0 N–H and O–H groups in total. The number of nitro benzene ring substituents is 1. The van der Waals surface area contributed by atoms with Crippen LogP contribution in [0.25, 0.3) is 0 Å². The highest BCUT2D eigenvalue weighted by atomic mass is 16.6. The third-order valence-corrected chi connectivity index (χ3v) is 2.21. The summed E-state index contributed by atoms with van der Waals surface area (Å²) >= 11 is 0. The van der Waals surface area contributed by atoms with E-state index in [4.69, 9.17) is 9.47 Å². The second-order valence-corrected chi connectivity index (χ2v) is 3.33. The van der Waals surface area contributed by atoms with Gasteiger partial charge >= 0.3 is 0 Å². The fourth-order valence-corrected chi connectivity index (χ4v) is 1.36. The Bertz CT molecular complexity index is 477. The van der Waals surface area contributed by atoms with Gasteiger partial charge in [-0.15, -0.1) is 0 Å². The van der Waals surface area contributed by atoms with Gasteiger partial charge in [0, 0.05) is 17.7 Å². The maximum Gasteiger partial charge on any atom is 0.269 e. The maximum atomic E-state index is 11.8. The number of carbonyl (C=O) groups excluding carboxylic acids is 1. The normalized spacial score (nSPS) is 14.2. The number of non-ortho nitro benzene ring substituents is 1. The molecule has 0 aromatic heterocycles. The molecule has 1 aliphatic heterocycles. The molecule has 0 fully saturated rings. The molecule has 6 nitrogen and oxygen atoms in total. The van der Waals surface area contributed by atoms with Crippen molar-refractivity contribution in [2.75, 3.05) is 13.2 Å². The highest BCUT2D eigenvalue weighted by Crippen LogP contribution is 2.16. The van der Waals surface area contributed by atoms with Gasteiger partial charge in [0.25, 0.3) is 5.69 Å². The molecule has 6 heteroatoms. The van der Waals surface area contributed by atoms with Crippen LogP contribution in [-0.2, 0) is 9.47 Å². The lowest BCUT2D eigenvalue weighted by atomic mass is 10.1. The van der Waals surface area contributed by atoms with Crippen LogP contribution in [0, 0.1) is 10.1 Å². The first kappa shape index (κ1) is 11.1. The highest BCUT2D eigenvalue weighted by Gasteiger charge is 2.17. The number of ketones is 1. The molecule has 88 valence electrons. The van der Waals surface area contributed by atoms with E-state index in [1.54, 1.807) is 0 Å². The average Bonchev–Trinajstić information content (AvgIpc) is 2.39. The van der Waals surface area contributed by atoms with Gasteiger partial charge in [-0.05, 0) is 12.1 Å². The number of allylic oxidation sites excluding steroid dienone is 1. The molecule has 17 heavy (non-hydrogen) atoms. The lowest BCUT2D eigenvalue weighted by Crippen LogP contribution is -2.15. The lowest BCUT2D eigenvalue weighted by molar-refractivity contribution is -0.384. The van der Waals surface area contributed by atoms with Crippen molar-refractivity contribution < 1.29 is 19.2 Å². The Morgan fingerprint density at radius 3 is 2.47 bits per heavy atom. The van der Waals surface area contributed by atoms with Crippen LogP contribution in [-0.4, -0.2) is 23.9 Å². The van der Waals surface area contributed by atoms with Crippen LogP contribution in [0.1, 0.15) is 10.4 Å². The minimum atomic E-state index is -0.520. The topological polar surface area (TPSA) is 78.7 Å². The third-order valence-electron chi connectivity index (χ3n) is 2.21. The average molecular weight is 235 g/mol. The Kier molecular flexibility index (Phi) is 3.04. The summed E-state index contributed by atoms with van der Waals surface area (Å²) in [5.41, 5.74) is 0.267. The van der Waals surface area contributed by atoms with Crippen molar-refractivity contribution >= 4 is 11.5 Å². The van der Waals surface area contributed by atoms with Crippen LogP contribution >= 0.6 is 0 Å². The molecule has 0 radical (unpaired) electrons. The minimum absolute atomic E-state index is 0.0589. The monoisotopic (exact) mass is 235 g/mol. The molecule has 0 bridgehead atoms. The number of hydrogen-bond acceptors (Lipinski definition) is 5. The molecule has 1 aromatic carbocycles. The first-order valence-electron chi connectivity index (χ1n) is 4.92. The summed E-state index contributed by atoms with van der Waals surface area (Å²) in [6.45, 7) is 0.738. The Hall–Kier alpha value is -2.37. The number of nitro groups is 1. The van der Waals surface area contributed by atoms with Crippen LogP contribution in [0.3, 0.4) is 0 Å². The summed E-state index contributed by atoms with van der Waals surface area (Å²) in [6.07, 6.45) is 1.26. The Morgan fingerprint density at radius 1 is 1.24 bits per heavy atom. The van der Waals surface area contributed by atoms with Crippen molar-refractivity contribution in [1.29, 1.82) is 0 Å². The predicted octanol–water partition coefficient (Wildman–Crippen LogP) is 1.67. The fourth-order valence-electron chi connectivity index (χ4n) is 1.36. The van der Waals surface area contributed by atoms with Gasteiger partial charge in [0.2, 0.25) is 11.5 Å².